The van der Waals surface area contributed by atoms with Gasteiger partial charge in [0, 0.05) is 48.7 Å². The highest BCUT2D eigenvalue weighted by atomic mass is 35.5. The third-order valence-corrected chi connectivity index (χ3v) is 4.38. The first-order valence-electron chi connectivity index (χ1n) is 7.76. The number of alkyl halides is 3. The van der Waals surface area contributed by atoms with Gasteiger partial charge < -0.3 is 9.80 Å². The van der Waals surface area contributed by atoms with Gasteiger partial charge in [-0.25, -0.2) is 4.98 Å². The van der Waals surface area contributed by atoms with Crippen molar-refractivity contribution in [2.45, 2.75) is 6.18 Å². The standard InChI is InChI=1S/C16H14ClF3N6/c17-14-9-11(16(18,19)20)10-22-15(14)26-7-5-25(6-8-26)13-3-1-12(2-4-13)23-24-21/h1-4,9-10H,5-8H2. The van der Waals surface area contributed by atoms with Gasteiger partial charge in [-0.3, -0.25) is 0 Å². The summed E-state index contributed by atoms with van der Waals surface area (Å²) in [5.41, 5.74) is 9.08. The Morgan fingerprint density at radius 1 is 1.08 bits per heavy atom. The van der Waals surface area contributed by atoms with Crippen LogP contribution >= 0.6 is 11.6 Å². The zero-order valence-electron chi connectivity index (χ0n) is 13.5. The largest absolute Gasteiger partial charge is 0.417 e. The molecule has 0 N–H and O–H groups in total. The molecule has 1 saturated heterocycles. The summed E-state index contributed by atoms with van der Waals surface area (Å²) in [6.45, 7) is 2.49. The molecule has 1 aliphatic rings. The minimum absolute atomic E-state index is 0.00741. The maximum atomic E-state index is 12.7. The van der Waals surface area contributed by atoms with E-state index in [0.29, 0.717) is 37.7 Å². The Morgan fingerprint density at radius 2 is 1.69 bits per heavy atom. The number of benzene rings is 1. The van der Waals surface area contributed by atoms with E-state index in [4.69, 9.17) is 17.1 Å². The van der Waals surface area contributed by atoms with Gasteiger partial charge >= 0.3 is 6.18 Å². The molecular weight excluding hydrogens is 369 g/mol. The molecule has 10 heteroatoms. The smallest absolute Gasteiger partial charge is 0.368 e. The highest BCUT2D eigenvalue weighted by Crippen LogP contribution is 2.34. The number of piperazine rings is 1. The molecule has 0 aliphatic carbocycles. The van der Waals surface area contributed by atoms with Gasteiger partial charge in [0.1, 0.15) is 5.82 Å². The lowest BCUT2D eigenvalue weighted by Gasteiger charge is -2.37. The van der Waals surface area contributed by atoms with Crippen molar-refractivity contribution in [1.29, 1.82) is 0 Å². The summed E-state index contributed by atoms with van der Waals surface area (Å²) in [5.74, 6) is 0.359. The van der Waals surface area contributed by atoms with Crippen LogP contribution in [0.3, 0.4) is 0 Å². The van der Waals surface area contributed by atoms with Crippen molar-refractivity contribution in [2.75, 3.05) is 36.0 Å². The Bertz CT molecular complexity index is 825. The monoisotopic (exact) mass is 382 g/mol. The van der Waals surface area contributed by atoms with E-state index in [1.54, 1.807) is 12.1 Å². The Balaban J connectivity index is 1.67. The van der Waals surface area contributed by atoms with Crippen LogP contribution < -0.4 is 9.80 Å². The minimum atomic E-state index is -4.46. The number of hydrogen-bond acceptors (Lipinski definition) is 4. The maximum absolute atomic E-state index is 12.7. The van der Waals surface area contributed by atoms with Crippen LogP contribution in [0.25, 0.3) is 10.4 Å². The fraction of sp³-hybridized carbons (Fsp3) is 0.312. The van der Waals surface area contributed by atoms with E-state index in [1.165, 1.54) is 0 Å². The van der Waals surface area contributed by atoms with Crippen molar-refractivity contribution in [2.24, 2.45) is 5.11 Å². The van der Waals surface area contributed by atoms with Gasteiger partial charge in [-0.15, -0.1) is 0 Å². The van der Waals surface area contributed by atoms with E-state index >= 15 is 0 Å². The maximum Gasteiger partial charge on any atom is 0.417 e. The molecule has 0 amide bonds. The molecule has 1 aromatic carbocycles. The van der Waals surface area contributed by atoms with E-state index in [9.17, 15) is 13.2 Å². The number of hydrogen-bond donors (Lipinski definition) is 0. The normalized spacial score (nSPS) is 14.9. The average Bonchev–Trinajstić information content (AvgIpc) is 2.62. The van der Waals surface area contributed by atoms with E-state index in [0.717, 1.165) is 18.0 Å². The Morgan fingerprint density at radius 3 is 2.23 bits per heavy atom. The second-order valence-corrected chi connectivity index (χ2v) is 6.11. The number of nitrogens with zero attached hydrogens (tertiary/aromatic N) is 6. The van der Waals surface area contributed by atoms with Crippen molar-refractivity contribution in [3.05, 3.63) is 57.6 Å². The quantitative estimate of drug-likeness (QED) is 0.425. The van der Waals surface area contributed by atoms with Crippen LogP contribution in [0, 0.1) is 0 Å². The predicted octanol–water partition coefficient (Wildman–Crippen LogP) is 5.02. The number of rotatable bonds is 3. The summed E-state index contributed by atoms with van der Waals surface area (Å²) in [6.07, 6.45) is -3.66. The third-order valence-electron chi connectivity index (χ3n) is 4.10. The molecule has 0 atom stereocenters. The molecule has 1 aromatic heterocycles. The van der Waals surface area contributed by atoms with Gasteiger partial charge in [-0.05, 0) is 23.7 Å². The van der Waals surface area contributed by atoms with Crippen molar-refractivity contribution in [3.63, 3.8) is 0 Å². The molecule has 1 fully saturated rings. The van der Waals surface area contributed by atoms with Gasteiger partial charge in [-0.1, -0.05) is 28.8 Å². The first kappa shape index (κ1) is 18.2. The molecule has 136 valence electrons. The molecule has 3 rings (SSSR count). The van der Waals surface area contributed by atoms with Crippen molar-refractivity contribution in [1.82, 2.24) is 4.98 Å². The number of pyridine rings is 1. The predicted molar refractivity (Wildman–Crippen MR) is 93.9 cm³/mol. The summed E-state index contributed by atoms with van der Waals surface area (Å²) in [6, 6.07) is 8.10. The van der Waals surface area contributed by atoms with Crippen LogP contribution in [0.1, 0.15) is 5.56 Å². The number of anilines is 2. The highest BCUT2D eigenvalue weighted by Gasteiger charge is 2.32. The molecule has 2 aromatic rings. The highest BCUT2D eigenvalue weighted by molar-refractivity contribution is 6.33. The van der Waals surface area contributed by atoms with Crippen LogP contribution in [0.15, 0.2) is 41.6 Å². The van der Waals surface area contributed by atoms with Crippen LogP contribution in [0.4, 0.5) is 30.4 Å². The zero-order chi connectivity index (χ0) is 18.7. The van der Waals surface area contributed by atoms with E-state index in [2.05, 4.69) is 19.9 Å². The fourth-order valence-electron chi connectivity index (χ4n) is 2.78. The molecule has 0 radical (unpaired) electrons. The van der Waals surface area contributed by atoms with E-state index < -0.39 is 11.7 Å². The first-order valence-corrected chi connectivity index (χ1v) is 8.14. The molecule has 0 bridgehead atoms. The van der Waals surface area contributed by atoms with Crippen LogP contribution in [0.5, 0.6) is 0 Å². The molecule has 6 nitrogen and oxygen atoms in total. The summed E-state index contributed by atoms with van der Waals surface area (Å²) >= 11 is 6.01. The van der Waals surface area contributed by atoms with E-state index in [1.807, 2.05) is 17.0 Å². The number of halogens is 4. The lowest BCUT2D eigenvalue weighted by Crippen LogP contribution is -2.47. The SMILES string of the molecule is [N-]=[N+]=Nc1ccc(N2CCN(c3ncc(C(F)(F)F)cc3Cl)CC2)cc1. The Hall–Kier alpha value is -2.64. The van der Waals surface area contributed by atoms with Gasteiger partial charge in [-0.2, -0.15) is 13.2 Å². The Kier molecular flexibility index (Phi) is 5.11. The lowest BCUT2D eigenvalue weighted by molar-refractivity contribution is -0.137. The summed E-state index contributed by atoms with van der Waals surface area (Å²) < 4.78 is 38.1. The summed E-state index contributed by atoms with van der Waals surface area (Å²) in [7, 11) is 0. The molecule has 0 saturated carbocycles. The minimum Gasteiger partial charge on any atom is -0.368 e. The molecule has 0 unspecified atom stereocenters. The second kappa shape index (κ2) is 7.31. The van der Waals surface area contributed by atoms with Gasteiger partial charge in [0.2, 0.25) is 0 Å². The first-order chi connectivity index (χ1) is 12.4. The number of azide groups is 1. The molecule has 2 heterocycles. The Labute approximate surface area is 152 Å². The average molecular weight is 383 g/mol. The fourth-order valence-corrected chi connectivity index (χ4v) is 3.06. The topological polar surface area (TPSA) is 68.1 Å². The molecule has 1 aliphatic heterocycles. The van der Waals surface area contributed by atoms with Gasteiger partial charge in [0.05, 0.1) is 10.6 Å². The van der Waals surface area contributed by atoms with Crippen LogP contribution in [0.2, 0.25) is 5.02 Å². The van der Waals surface area contributed by atoms with Crippen molar-refractivity contribution < 1.29 is 13.2 Å². The van der Waals surface area contributed by atoms with Gasteiger partial charge in [0.15, 0.2) is 0 Å². The second-order valence-electron chi connectivity index (χ2n) is 5.71. The van der Waals surface area contributed by atoms with Crippen molar-refractivity contribution in [3.8, 4) is 0 Å². The van der Waals surface area contributed by atoms with Gasteiger partial charge in [0.25, 0.3) is 0 Å². The molecule has 0 spiro atoms. The summed E-state index contributed by atoms with van der Waals surface area (Å²) in [5, 5.41) is 3.52. The molecule has 26 heavy (non-hydrogen) atoms. The third kappa shape index (κ3) is 3.95. The zero-order valence-corrected chi connectivity index (χ0v) is 14.2. The molecular formula is C16H14ClF3N6. The summed E-state index contributed by atoms with van der Waals surface area (Å²) in [4.78, 5) is 10.6. The lowest BCUT2D eigenvalue weighted by atomic mass is 10.2. The number of aromatic nitrogens is 1. The van der Waals surface area contributed by atoms with E-state index in [-0.39, 0.29) is 5.02 Å². The van der Waals surface area contributed by atoms with Crippen molar-refractivity contribution >= 4 is 28.8 Å². The van der Waals surface area contributed by atoms with Crippen LogP contribution in [-0.2, 0) is 6.18 Å². The van der Waals surface area contributed by atoms with Crippen LogP contribution in [-0.4, -0.2) is 31.2 Å².